The first-order chi connectivity index (χ1) is 8.72. The lowest BCUT2D eigenvalue weighted by Gasteiger charge is -2.38. The second kappa shape index (κ2) is 5.93. The first-order valence-electron chi connectivity index (χ1n) is 6.31. The highest BCUT2D eigenvalue weighted by molar-refractivity contribution is 5.82. The van der Waals surface area contributed by atoms with Gasteiger partial charge in [-0.05, 0) is 32.1 Å². The number of aromatic nitrogens is 1. The molecule has 0 bridgehead atoms. The molecule has 1 aromatic heterocycles. The Morgan fingerprint density at radius 2 is 2.28 bits per heavy atom. The van der Waals surface area contributed by atoms with Crippen molar-refractivity contribution in [3.05, 3.63) is 30.1 Å². The summed E-state index contributed by atoms with van der Waals surface area (Å²) in [6, 6.07) is 5.70. The predicted octanol–water partition coefficient (Wildman–Crippen LogP) is 0.0730. The van der Waals surface area contributed by atoms with Crippen LogP contribution >= 0.6 is 0 Å². The number of rotatable bonds is 4. The maximum Gasteiger partial charge on any atom is 0.240 e. The lowest BCUT2D eigenvalue weighted by Crippen LogP contribution is -2.55. The first kappa shape index (κ1) is 13.0. The van der Waals surface area contributed by atoms with E-state index in [2.05, 4.69) is 9.88 Å². The molecule has 5 nitrogen and oxygen atoms in total. The highest BCUT2D eigenvalue weighted by Crippen LogP contribution is 2.14. The molecule has 1 aromatic rings. The van der Waals surface area contributed by atoms with E-state index < -0.39 is 0 Å². The summed E-state index contributed by atoms with van der Waals surface area (Å²) in [5, 5.41) is 0. The van der Waals surface area contributed by atoms with Crippen molar-refractivity contribution in [1.82, 2.24) is 14.8 Å². The highest BCUT2D eigenvalue weighted by atomic mass is 16.2. The van der Waals surface area contributed by atoms with Crippen molar-refractivity contribution >= 4 is 5.91 Å². The van der Waals surface area contributed by atoms with Crippen molar-refractivity contribution in [2.75, 3.05) is 26.7 Å². The summed E-state index contributed by atoms with van der Waals surface area (Å²) in [6.07, 6.45) is 2.47. The fourth-order valence-electron chi connectivity index (χ4n) is 2.29. The van der Waals surface area contributed by atoms with Gasteiger partial charge in [-0.1, -0.05) is 6.07 Å². The van der Waals surface area contributed by atoms with Crippen LogP contribution in [0.2, 0.25) is 0 Å². The largest absolute Gasteiger partial charge is 0.334 e. The number of likely N-dealkylation sites (N-methyl/N-ethyl adjacent to an activating group) is 1. The molecule has 1 unspecified atom stereocenters. The van der Waals surface area contributed by atoms with Crippen molar-refractivity contribution in [2.24, 2.45) is 5.73 Å². The third-order valence-electron chi connectivity index (χ3n) is 3.37. The zero-order valence-corrected chi connectivity index (χ0v) is 10.7. The molecule has 1 saturated heterocycles. The smallest absolute Gasteiger partial charge is 0.240 e. The molecule has 18 heavy (non-hydrogen) atoms. The second-order valence-electron chi connectivity index (χ2n) is 4.65. The fourth-order valence-corrected chi connectivity index (χ4v) is 2.29. The Hall–Kier alpha value is -1.46. The normalized spacial score (nSPS) is 21.3. The third-order valence-corrected chi connectivity index (χ3v) is 3.37. The van der Waals surface area contributed by atoms with Crippen LogP contribution in [-0.2, 0) is 11.3 Å². The summed E-state index contributed by atoms with van der Waals surface area (Å²) in [4.78, 5) is 20.6. The molecule has 2 N–H and O–H groups in total. The van der Waals surface area contributed by atoms with Crippen LogP contribution in [0.25, 0.3) is 0 Å². The number of pyridine rings is 1. The minimum Gasteiger partial charge on any atom is -0.334 e. The highest BCUT2D eigenvalue weighted by Gasteiger charge is 2.31. The molecule has 2 heterocycles. The average Bonchev–Trinajstić information content (AvgIpc) is 2.39. The molecule has 1 atom stereocenters. The molecule has 0 aliphatic carbocycles. The van der Waals surface area contributed by atoms with E-state index in [0.717, 1.165) is 18.8 Å². The number of piperazine rings is 1. The van der Waals surface area contributed by atoms with Crippen molar-refractivity contribution in [2.45, 2.75) is 19.0 Å². The molecule has 0 saturated carbocycles. The van der Waals surface area contributed by atoms with Crippen molar-refractivity contribution in [3.63, 3.8) is 0 Å². The van der Waals surface area contributed by atoms with Crippen LogP contribution in [0.15, 0.2) is 24.4 Å². The molecular weight excluding hydrogens is 228 g/mol. The molecule has 1 aliphatic rings. The molecule has 0 aromatic carbocycles. The van der Waals surface area contributed by atoms with Crippen LogP contribution in [0.5, 0.6) is 0 Å². The van der Waals surface area contributed by atoms with Crippen LogP contribution in [0, 0.1) is 0 Å². The van der Waals surface area contributed by atoms with Gasteiger partial charge in [0.25, 0.3) is 0 Å². The van der Waals surface area contributed by atoms with Gasteiger partial charge in [0.2, 0.25) is 5.91 Å². The molecule has 1 aliphatic heterocycles. The van der Waals surface area contributed by atoms with Gasteiger partial charge < -0.3 is 10.6 Å². The first-order valence-corrected chi connectivity index (χ1v) is 6.31. The molecule has 1 amide bonds. The van der Waals surface area contributed by atoms with Gasteiger partial charge in [0, 0.05) is 19.3 Å². The Morgan fingerprint density at radius 3 is 2.94 bits per heavy atom. The Balaban J connectivity index is 2.03. The summed E-state index contributed by atoms with van der Waals surface area (Å²) in [5.41, 5.74) is 6.50. The Bertz CT molecular complexity index is 395. The molecular formula is C13H20N4O. The predicted molar refractivity (Wildman–Crippen MR) is 69.7 cm³/mol. The van der Waals surface area contributed by atoms with Gasteiger partial charge in [-0.2, -0.15) is 0 Å². The molecule has 98 valence electrons. The number of amides is 1. The van der Waals surface area contributed by atoms with Crippen LogP contribution < -0.4 is 5.73 Å². The Morgan fingerprint density at radius 1 is 1.44 bits per heavy atom. The van der Waals surface area contributed by atoms with Crippen LogP contribution in [0.1, 0.15) is 12.1 Å². The topological polar surface area (TPSA) is 62.5 Å². The van der Waals surface area contributed by atoms with Gasteiger partial charge in [-0.25, -0.2) is 0 Å². The fraction of sp³-hybridized carbons (Fsp3) is 0.538. The summed E-state index contributed by atoms with van der Waals surface area (Å²) in [6.45, 7) is 2.78. The van der Waals surface area contributed by atoms with Gasteiger partial charge in [0.1, 0.15) is 0 Å². The van der Waals surface area contributed by atoms with Gasteiger partial charge in [-0.3, -0.25) is 14.7 Å². The van der Waals surface area contributed by atoms with Crippen LogP contribution in [0.3, 0.4) is 0 Å². The number of hydrogen-bond acceptors (Lipinski definition) is 4. The maximum absolute atomic E-state index is 12.3. The van der Waals surface area contributed by atoms with E-state index in [1.54, 1.807) is 6.20 Å². The van der Waals surface area contributed by atoms with E-state index in [1.807, 2.05) is 30.1 Å². The second-order valence-corrected chi connectivity index (χ2v) is 4.65. The monoisotopic (exact) mass is 248 g/mol. The quantitative estimate of drug-likeness (QED) is 0.819. The van der Waals surface area contributed by atoms with Crippen LogP contribution in [0.4, 0.5) is 0 Å². The SMILES string of the molecule is CN1CCN(Cc2ccccn2)C(=O)C1CCN. The van der Waals surface area contributed by atoms with E-state index in [4.69, 9.17) is 5.73 Å². The summed E-state index contributed by atoms with van der Waals surface area (Å²) in [5.74, 6) is 0.167. The zero-order valence-electron chi connectivity index (χ0n) is 10.7. The standard InChI is InChI=1S/C13H20N4O/c1-16-8-9-17(13(18)12(16)5-6-14)10-11-4-2-3-7-15-11/h2-4,7,12H,5-6,8-10,14H2,1H3. The lowest BCUT2D eigenvalue weighted by atomic mass is 10.1. The summed E-state index contributed by atoms with van der Waals surface area (Å²) in [7, 11) is 1.98. The molecule has 1 fully saturated rings. The molecule has 0 radical (unpaired) electrons. The Labute approximate surface area is 108 Å². The van der Waals surface area contributed by atoms with Crippen molar-refractivity contribution in [3.8, 4) is 0 Å². The van der Waals surface area contributed by atoms with Gasteiger partial charge in [0.05, 0.1) is 18.3 Å². The number of carbonyl (C=O) groups is 1. The van der Waals surface area contributed by atoms with E-state index >= 15 is 0 Å². The van der Waals surface area contributed by atoms with Gasteiger partial charge in [0.15, 0.2) is 0 Å². The van der Waals surface area contributed by atoms with E-state index in [0.29, 0.717) is 19.5 Å². The number of hydrogen-bond donors (Lipinski definition) is 1. The van der Waals surface area contributed by atoms with E-state index in [9.17, 15) is 4.79 Å². The van der Waals surface area contributed by atoms with Gasteiger partial charge >= 0.3 is 0 Å². The summed E-state index contributed by atoms with van der Waals surface area (Å²) >= 11 is 0. The summed E-state index contributed by atoms with van der Waals surface area (Å²) < 4.78 is 0. The molecule has 0 spiro atoms. The van der Waals surface area contributed by atoms with Gasteiger partial charge in [-0.15, -0.1) is 0 Å². The van der Waals surface area contributed by atoms with E-state index in [1.165, 1.54) is 0 Å². The third kappa shape index (κ3) is 2.86. The molecule has 2 rings (SSSR count). The molecule has 5 heteroatoms. The Kier molecular flexibility index (Phi) is 4.28. The number of nitrogens with two attached hydrogens (primary N) is 1. The van der Waals surface area contributed by atoms with Crippen molar-refractivity contribution < 1.29 is 4.79 Å². The number of nitrogens with zero attached hydrogens (tertiary/aromatic N) is 3. The minimum atomic E-state index is -0.0764. The lowest BCUT2D eigenvalue weighted by molar-refractivity contribution is -0.141. The average molecular weight is 248 g/mol. The van der Waals surface area contributed by atoms with Crippen molar-refractivity contribution in [1.29, 1.82) is 0 Å². The number of carbonyl (C=O) groups excluding carboxylic acids is 1. The van der Waals surface area contributed by atoms with E-state index in [-0.39, 0.29) is 11.9 Å². The minimum absolute atomic E-state index is 0.0764. The zero-order chi connectivity index (χ0) is 13.0. The maximum atomic E-state index is 12.3. The van der Waals surface area contributed by atoms with Crippen LogP contribution in [-0.4, -0.2) is 53.4 Å².